The van der Waals surface area contributed by atoms with Crippen LogP contribution in [-0.4, -0.2) is 7.11 Å². The Balaban J connectivity index is 1.86. The molecule has 4 heteroatoms. The Morgan fingerprint density at radius 1 is 1.20 bits per heavy atom. The average Bonchev–Trinajstić information content (AvgIpc) is 2.78. The summed E-state index contributed by atoms with van der Waals surface area (Å²) in [7, 11) is 1.62. The molecule has 3 N–H and O–H groups in total. The van der Waals surface area contributed by atoms with Gasteiger partial charge in [0, 0.05) is 17.8 Å². The van der Waals surface area contributed by atoms with Crippen molar-refractivity contribution in [2.45, 2.75) is 18.5 Å². The Bertz CT molecular complexity index is 630. The maximum absolute atomic E-state index is 6.18. The van der Waals surface area contributed by atoms with E-state index in [1.807, 2.05) is 30.3 Å². The summed E-state index contributed by atoms with van der Waals surface area (Å²) in [5, 5.41) is 4.12. The number of anilines is 1. The molecule has 3 rings (SSSR count). The van der Waals surface area contributed by atoms with Crippen LogP contribution in [0.1, 0.15) is 29.6 Å². The van der Waals surface area contributed by atoms with Crippen molar-refractivity contribution in [3.63, 3.8) is 0 Å². The zero-order valence-electron chi connectivity index (χ0n) is 11.3. The van der Waals surface area contributed by atoms with Gasteiger partial charge in [-0.15, -0.1) is 0 Å². The lowest BCUT2D eigenvalue weighted by Crippen LogP contribution is -2.10. The van der Waals surface area contributed by atoms with Gasteiger partial charge < -0.3 is 15.8 Å². The normalized spacial score (nSPS) is 20.6. The minimum Gasteiger partial charge on any atom is -0.495 e. The van der Waals surface area contributed by atoms with Crippen LogP contribution in [0.25, 0.3) is 0 Å². The van der Waals surface area contributed by atoms with E-state index in [0.29, 0.717) is 10.8 Å². The summed E-state index contributed by atoms with van der Waals surface area (Å²) in [6, 6.07) is 14.3. The number of halogens is 1. The molecule has 2 aromatic carbocycles. The number of fused-ring (bicyclic) bond motifs is 1. The molecule has 20 heavy (non-hydrogen) atoms. The third-order valence-corrected chi connectivity index (χ3v) is 4.06. The second kappa shape index (κ2) is 5.35. The largest absolute Gasteiger partial charge is 0.495 e. The van der Waals surface area contributed by atoms with Crippen molar-refractivity contribution in [1.29, 1.82) is 0 Å². The highest BCUT2D eigenvalue weighted by Gasteiger charge is 2.28. The highest BCUT2D eigenvalue weighted by molar-refractivity contribution is 6.32. The van der Waals surface area contributed by atoms with Gasteiger partial charge in [-0.3, -0.25) is 0 Å². The number of nitrogens with two attached hydrogens (primary N) is 1. The zero-order valence-corrected chi connectivity index (χ0v) is 12.0. The molecule has 0 amide bonds. The van der Waals surface area contributed by atoms with E-state index in [-0.39, 0.29) is 12.1 Å². The molecule has 2 atom stereocenters. The number of hydrogen-bond donors (Lipinski definition) is 2. The Morgan fingerprint density at radius 3 is 2.70 bits per heavy atom. The average molecular weight is 289 g/mol. The van der Waals surface area contributed by atoms with Gasteiger partial charge in [0.15, 0.2) is 0 Å². The van der Waals surface area contributed by atoms with Gasteiger partial charge >= 0.3 is 0 Å². The number of ether oxygens (including phenoxy) is 1. The molecule has 0 aliphatic heterocycles. The standard InChI is InChI=1S/C16H17ClN2O/c1-20-16-8-10(6-7-13(16)17)19-15-9-14(18)11-4-2-3-5-12(11)15/h2-8,14-15,19H,9,18H2,1H3. The van der Waals surface area contributed by atoms with Gasteiger partial charge in [-0.1, -0.05) is 35.9 Å². The molecule has 2 unspecified atom stereocenters. The van der Waals surface area contributed by atoms with Crippen LogP contribution in [-0.2, 0) is 0 Å². The molecule has 0 spiro atoms. The summed E-state index contributed by atoms with van der Waals surface area (Å²) in [5.41, 5.74) is 9.67. The number of nitrogens with one attached hydrogen (secondary N) is 1. The highest BCUT2D eigenvalue weighted by Crippen LogP contribution is 2.39. The van der Waals surface area contributed by atoms with Crippen molar-refractivity contribution in [2.75, 3.05) is 12.4 Å². The van der Waals surface area contributed by atoms with E-state index in [0.717, 1.165) is 12.1 Å². The van der Waals surface area contributed by atoms with E-state index in [9.17, 15) is 0 Å². The fourth-order valence-corrected chi connectivity index (χ4v) is 2.96. The molecule has 0 bridgehead atoms. The quantitative estimate of drug-likeness (QED) is 0.900. The smallest absolute Gasteiger partial charge is 0.139 e. The predicted molar refractivity (Wildman–Crippen MR) is 82.4 cm³/mol. The van der Waals surface area contributed by atoms with Crippen LogP contribution >= 0.6 is 11.6 Å². The Hall–Kier alpha value is -1.71. The summed E-state index contributed by atoms with van der Waals surface area (Å²) in [4.78, 5) is 0. The van der Waals surface area contributed by atoms with E-state index in [2.05, 4.69) is 17.4 Å². The van der Waals surface area contributed by atoms with Crippen LogP contribution in [0.5, 0.6) is 5.75 Å². The first-order valence-electron chi connectivity index (χ1n) is 6.63. The second-order valence-corrected chi connectivity index (χ2v) is 5.42. The van der Waals surface area contributed by atoms with Gasteiger partial charge in [0.1, 0.15) is 5.75 Å². The summed E-state index contributed by atoms with van der Waals surface area (Å²) >= 11 is 6.04. The van der Waals surface area contributed by atoms with Gasteiger partial charge in [0.2, 0.25) is 0 Å². The topological polar surface area (TPSA) is 47.3 Å². The number of methoxy groups -OCH3 is 1. The molecule has 0 heterocycles. The van der Waals surface area contributed by atoms with Crippen molar-refractivity contribution in [1.82, 2.24) is 0 Å². The Kier molecular flexibility index (Phi) is 3.55. The number of benzene rings is 2. The molecular weight excluding hydrogens is 272 g/mol. The lowest BCUT2D eigenvalue weighted by atomic mass is 10.1. The minimum absolute atomic E-state index is 0.0953. The van der Waals surface area contributed by atoms with E-state index in [4.69, 9.17) is 22.1 Å². The molecule has 0 radical (unpaired) electrons. The monoisotopic (exact) mass is 288 g/mol. The molecule has 0 saturated carbocycles. The molecule has 104 valence electrons. The third-order valence-electron chi connectivity index (χ3n) is 3.75. The molecular formula is C16H17ClN2O. The second-order valence-electron chi connectivity index (χ2n) is 5.02. The van der Waals surface area contributed by atoms with Gasteiger partial charge in [-0.05, 0) is 29.7 Å². The molecule has 0 fully saturated rings. The summed E-state index contributed by atoms with van der Waals surface area (Å²) in [6.07, 6.45) is 0.893. The lowest BCUT2D eigenvalue weighted by Gasteiger charge is -2.16. The maximum Gasteiger partial charge on any atom is 0.139 e. The van der Waals surface area contributed by atoms with Crippen molar-refractivity contribution in [3.8, 4) is 5.75 Å². The van der Waals surface area contributed by atoms with E-state index in [1.165, 1.54) is 11.1 Å². The highest BCUT2D eigenvalue weighted by atomic mass is 35.5. The van der Waals surface area contributed by atoms with Crippen molar-refractivity contribution in [3.05, 3.63) is 58.6 Å². The minimum atomic E-state index is 0.0953. The molecule has 0 saturated heterocycles. The van der Waals surface area contributed by atoms with Gasteiger partial charge in [-0.25, -0.2) is 0 Å². The molecule has 1 aliphatic carbocycles. The van der Waals surface area contributed by atoms with Gasteiger partial charge in [0.25, 0.3) is 0 Å². The van der Waals surface area contributed by atoms with Crippen LogP contribution in [0, 0.1) is 0 Å². The number of rotatable bonds is 3. The fourth-order valence-electron chi connectivity index (χ4n) is 2.76. The summed E-state index contributed by atoms with van der Waals surface area (Å²) in [6.45, 7) is 0. The van der Waals surface area contributed by atoms with Crippen molar-refractivity contribution in [2.24, 2.45) is 5.73 Å². The van der Waals surface area contributed by atoms with E-state index >= 15 is 0 Å². The van der Waals surface area contributed by atoms with Crippen LogP contribution in [0.2, 0.25) is 5.02 Å². The van der Waals surface area contributed by atoms with Gasteiger partial charge in [0.05, 0.1) is 18.2 Å². The van der Waals surface area contributed by atoms with Gasteiger partial charge in [-0.2, -0.15) is 0 Å². The third kappa shape index (κ3) is 2.35. The first kappa shape index (κ1) is 13.3. The van der Waals surface area contributed by atoms with Crippen LogP contribution in [0.15, 0.2) is 42.5 Å². The van der Waals surface area contributed by atoms with Crippen LogP contribution in [0.3, 0.4) is 0 Å². The zero-order chi connectivity index (χ0) is 14.1. The van der Waals surface area contributed by atoms with Crippen molar-refractivity contribution < 1.29 is 4.74 Å². The molecule has 1 aliphatic rings. The van der Waals surface area contributed by atoms with E-state index in [1.54, 1.807) is 7.11 Å². The summed E-state index contributed by atoms with van der Waals surface area (Å²) in [5.74, 6) is 0.673. The molecule has 3 nitrogen and oxygen atoms in total. The Morgan fingerprint density at radius 2 is 1.95 bits per heavy atom. The SMILES string of the molecule is COc1cc(NC2CC(N)c3ccccc32)ccc1Cl. The van der Waals surface area contributed by atoms with Crippen molar-refractivity contribution >= 4 is 17.3 Å². The van der Waals surface area contributed by atoms with Crippen LogP contribution < -0.4 is 15.8 Å². The maximum atomic E-state index is 6.18. The molecule has 0 aromatic heterocycles. The van der Waals surface area contributed by atoms with Crippen LogP contribution in [0.4, 0.5) is 5.69 Å². The Labute approximate surface area is 123 Å². The first-order valence-corrected chi connectivity index (χ1v) is 7.01. The first-order chi connectivity index (χ1) is 9.69. The number of hydrogen-bond acceptors (Lipinski definition) is 3. The predicted octanol–water partition coefficient (Wildman–Crippen LogP) is 3.91. The van der Waals surface area contributed by atoms with E-state index < -0.39 is 0 Å². The molecule has 2 aromatic rings. The lowest BCUT2D eigenvalue weighted by molar-refractivity contribution is 0.415. The fraction of sp³-hybridized carbons (Fsp3) is 0.250. The summed E-state index contributed by atoms with van der Waals surface area (Å²) < 4.78 is 5.24.